The zero-order valence-electron chi connectivity index (χ0n) is 16.9. The molecular formula is C24H27N3O. The Morgan fingerprint density at radius 2 is 1.68 bits per heavy atom. The minimum atomic E-state index is -0.171. The molecule has 0 unspecified atom stereocenters. The predicted octanol–water partition coefficient (Wildman–Crippen LogP) is 5.55. The zero-order chi connectivity index (χ0) is 20.1. The Labute approximate surface area is 167 Å². The summed E-state index contributed by atoms with van der Waals surface area (Å²) in [6.07, 6.45) is 3.31. The van der Waals surface area contributed by atoms with Gasteiger partial charge in [-0.1, -0.05) is 57.2 Å². The highest BCUT2D eigenvalue weighted by Crippen LogP contribution is 2.23. The number of hydrogen-bond acceptors (Lipinski definition) is 3. The van der Waals surface area contributed by atoms with Crippen LogP contribution in [0.4, 0.5) is 11.4 Å². The van der Waals surface area contributed by atoms with Gasteiger partial charge in [-0.15, -0.1) is 0 Å². The monoisotopic (exact) mass is 373 g/mol. The van der Waals surface area contributed by atoms with Gasteiger partial charge in [-0.25, -0.2) is 0 Å². The number of pyridine rings is 1. The summed E-state index contributed by atoms with van der Waals surface area (Å²) in [5.74, 6) is -0.171. The summed E-state index contributed by atoms with van der Waals surface area (Å²) in [5, 5.41) is 6.28. The van der Waals surface area contributed by atoms with E-state index in [9.17, 15) is 4.79 Å². The van der Waals surface area contributed by atoms with Crippen molar-refractivity contribution in [3.63, 3.8) is 0 Å². The van der Waals surface area contributed by atoms with Gasteiger partial charge in [0, 0.05) is 24.6 Å². The van der Waals surface area contributed by atoms with Crippen molar-refractivity contribution in [1.82, 2.24) is 4.98 Å². The van der Waals surface area contributed by atoms with Crippen LogP contribution in [-0.4, -0.2) is 10.9 Å². The maximum atomic E-state index is 12.6. The van der Waals surface area contributed by atoms with Gasteiger partial charge in [0.25, 0.3) is 5.91 Å². The minimum Gasteiger partial charge on any atom is -0.380 e. The van der Waals surface area contributed by atoms with Crippen LogP contribution < -0.4 is 10.6 Å². The van der Waals surface area contributed by atoms with Crippen LogP contribution in [-0.2, 0) is 12.0 Å². The first-order valence-corrected chi connectivity index (χ1v) is 9.48. The molecule has 4 nitrogen and oxygen atoms in total. The Kier molecular flexibility index (Phi) is 5.78. The summed E-state index contributed by atoms with van der Waals surface area (Å²) in [6.45, 7) is 9.28. The predicted molar refractivity (Wildman–Crippen MR) is 116 cm³/mol. The van der Waals surface area contributed by atoms with E-state index >= 15 is 0 Å². The average Bonchev–Trinajstić information content (AvgIpc) is 2.67. The topological polar surface area (TPSA) is 54.0 Å². The lowest BCUT2D eigenvalue weighted by molar-refractivity contribution is 0.102. The van der Waals surface area contributed by atoms with E-state index in [1.165, 1.54) is 16.7 Å². The van der Waals surface area contributed by atoms with Crippen LogP contribution in [0.5, 0.6) is 0 Å². The normalized spacial score (nSPS) is 11.1. The lowest BCUT2D eigenvalue weighted by Gasteiger charge is -2.19. The van der Waals surface area contributed by atoms with E-state index in [0.717, 1.165) is 11.4 Å². The molecule has 1 heterocycles. The van der Waals surface area contributed by atoms with Gasteiger partial charge in [0.2, 0.25) is 0 Å². The molecule has 0 saturated carbocycles. The van der Waals surface area contributed by atoms with E-state index in [0.29, 0.717) is 12.1 Å². The second-order valence-electron chi connectivity index (χ2n) is 8.02. The molecule has 1 amide bonds. The quantitative estimate of drug-likeness (QED) is 0.616. The van der Waals surface area contributed by atoms with Crippen molar-refractivity contribution in [2.45, 2.75) is 39.7 Å². The number of rotatable bonds is 5. The lowest BCUT2D eigenvalue weighted by atomic mass is 9.87. The van der Waals surface area contributed by atoms with Crippen LogP contribution in [0.25, 0.3) is 0 Å². The fourth-order valence-electron chi connectivity index (χ4n) is 2.92. The second kappa shape index (κ2) is 8.26. The van der Waals surface area contributed by atoms with Crippen LogP contribution in [0, 0.1) is 6.92 Å². The van der Waals surface area contributed by atoms with Gasteiger partial charge in [0.15, 0.2) is 0 Å². The zero-order valence-corrected chi connectivity index (χ0v) is 16.9. The van der Waals surface area contributed by atoms with Gasteiger partial charge in [-0.05, 0) is 47.2 Å². The number of hydrogen-bond donors (Lipinski definition) is 2. The molecular weight excluding hydrogens is 346 g/mol. The molecule has 0 aliphatic heterocycles. The number of aryl methyl sites for hydroxylation is 1. The number of amides is 1. The first kappa shape index (κ1) is 19.6. The van der Waals surface area contributed by atoms with Crippen molar-refractivity contribution >= 4 is 17.3 Å². The van der Waals surface area contributed by atoms with Crippen LogP contribution in [0.1, 0.15) is 47.8 Å². The van der Waals surface area contributed by atoms with Crippen LogP contribution >= 0.6 is 0 Å². The molecule has 2 N–H and O–H groups in total. The van der Waals surface area contributed by atoms with Gasteiger partial charge in [0.1, 0.15) is 0 Å². The molecule has 0 fully saturated rings. The van der Waals surface area contributed by atoms with Crippen molar-refractivity contribution in [1.29, 1.82) is 0 Å². The summed E-state index contributed by atoms with van der Waals surface area (Å²) < 4.78 is 0. The molecule has 2 aromatic carbocycles. The summed E-state index contributed by atoms with van der Waals surface area (Å²) in [5.41, 5.74) is 5.88. The number of nitrogens with zero attached hydrogens (tertiary/aromatic N) is 1. The summed E-state index contributed by atoms with van der Waals surface area (Å²) in [4.78, 5) is 16.8. The van der Waals surface area contributed by atoms with Crippen LogP contribution in [0.3, 0.4) is 0 Å². The molecule has 3 rings (SSSR count). The maximum Gasteiger partial charge on any atom is 0.257 e. The van der Waals surface area contributed by atoms with Crippen molar-refractivity contribution in [3.8, 4) is 0 Å². The van der Waals surface area contributed by atoms with Crippen LogP contribution in [0.15, 0.2) is 67.0 Å². The number of nitrogens with one attached hydrogen (secondary N) is 2. The first-order chi connectivity index (χ1) is 13.3. The van der Waals surface area contributed by atoms with E-state index in [1.54, 1.807) is 12.4 Å². The van der Waals surface area contributed by atoms with Gasteiger partial charge in [-0.3, -0.25) is 9.78 Å². The number of aromatic nitrogens is 1. The SMILES string of the molecule is Cc1ccccc1CNc1cncc(C(=O)Nc2ccc(C(C)(C)C)cc2)c1. The molecule has 0 aliphatic carbocycles. The smallest absolute Gasteiger partial charge is 0.257 e. The first-order valence-electron chi connectivity index (χ1n) is 9.48. The molecule has 0 saturated heterocycles. The van der Waals surface area contributed by atoms with E-state index < -0.39 is 0 Å². The molecule has 0 bridgehead atoms. The largest absolute Gasteiger partial charge is 0.380 e. The molecule has 4 heteroatoms. The third-order valence-electron chi connectivity index (χ3n) is 4.75. The standard InChI is InChI=1S/C24H27N3O/c1-17-7-5-6-8-18(17)15-26-22-13-19(14-25-16-22)23(28)27-21-11-9-20(10-12-21)24(2,3)4/h5-14,16,26H,15H2,1-4H3,(H,27,28). The highest BCUT2D eigenvalue weighted by molar-refractivity contribution is 6.04. The highest BCUT2D eigenvalue weighted by atomic mass is 16.1. The maximum absolute atomic E-state index is 12.6. The summed E-state index contributed by atoms with van der Waals surface area (Å²) in [6, 6.07) is 18.0. The average molecular weight is 374 g/mol. The molecule has 1 aromatic heterocycles. The Hall–Kier alpha value is -3.14. The Bertz CT molecular complexity index is 956. The van der Waals surface area contributed by atoms with Crippen molar-refractivity contribution in [2.75, 3.05) is 10.6 Å². The molecule has 28 heavy (non-hydrogen) atoms. The van der Waals surface area contributed by atoms with Crippen LogP contribution in [0.2, 0.25) is 0 Å². The number of anilines is 2. The van der Waals surface area contributed by atoms with E-state index in [1.807, 2.05) is 42.5 Å². The highest BCUT2D eigenvalue weighted by Gasteiger charge is 2.13. The molecule has 3 aromatic rings. The Morgan fingerprint density at radius 3 is 2.36 bits per heavy atom. The Balaban J connectivity index is 1.66. The summed E-state index contributed by atoms with van der Waals surface area (Å²) >= 11 is 0. The second-order valence-corrected chi connectivity index (χ2v) is 8.02. The van der Waals surface area contributed by atoms with Gasteiger partial charge >= 0.3 is 0 Å². The van der Waals surface area contributed by atoms with Gasteiger partial charge in [0.05, 0.1) is 11.3 Å². The molecule has 0 radical (unpaired) electrons. The molecule has 0 spiro atoms. The third-order valence-corrected chi connectivity index (χ3v) is 4.75. The van der Waals surface area contributed by atoms with Gasteiger partial charge in [-0.2, -0.15) is 0 Å². The minimum absolute atomic E-state index is 0.0869. The number of carbonyl (C=O) groups is 1. The molecule has 0 aliphatic rings. The lowest BCUT2D eigenvalue weighted by Crippen LogP contribution is -2.14. The molecule has 0 atom stereocenters. The van der Waals surface area contributed by atoms with Crippen molar-refractivity contribution in [3.05, 3.63) is 89.2 Å². The summed E-state index contributed by atoms with van der Waals surface area (Å²) in [7, 11) is 0. The molecule has 144 valence electrons. The fourth-order valence-corrected chi connectivity index (χ4v) is 2.92. The Morgan fingerprint density at radius 1 is 0.964 bits per heavy atom. The third kappa shape index (κ3) is 4.97. The fraction of sp³-hybridized carbons (Fsp3) is 0.250. The van der Waals surface area contributed by atoms with E-state index in [2.05, 4.69) is 55.4 Å². The van der Waals surface area contributed by atoms with E-state index in [-0.39, 0.29) is 11.3 Å². The van der Waals surface area contributed by atoms with Crippen molar-refractivity contribution in [2.24, 2.45) is 0 Å². The number of carbonyl (C=O) groups excluding carboxylic acids is 1. The van der Waals surface area contributed by atoms with Crippen molar-refractivity contribution < 1.29 is 4.79 Å². The van der Waals surface area contributed by atoms with Gasteiger partial charge < -0.3 is 10.6 Å². The number of benzene rings is 2. The van der Waals surface area contributed by atoms with E-state index in [4.69, 9.17) is 0 Å².